The molecule has 1 aromatic rings. The van der Waals surface area contributed by atoms with Gasteiger partial charge in [-0.2, -0.15) is 0 Å². The van der Waals surface area contributed by atoms with Crippen molar-refractivity contribution in [3.8, 4) is 5.75 Å². The van der Waals surface area contributed by atoms with Crippen molar-refractivity contribution in [1.29, 1.82) is 0 Å². The van der Waals surface area contributed by atoms with Crippen LogP contribution in [0, 0.1) is 7.40 Å². The van der Waals surface area contributed by atoms with Gasteiger partial charge >= 0.3 is 6.09 Å². The summed E-state index contributed by atoms with van der Waals surface area (Å²) in [6.45, 7) is 6.22. The lowest BCUT2D eigenvalue weighted by atomic mass is 10.2. The maximum atomic E-state index is 11.4. The highest BCUT2D eigenvalue weighted by Gasteiger charge is 2.15. The number of nitrogens with zero attached hydrogens (tertiary/aromatic N) is 1. The Morgan fingerprint density at radius 2 is 2.05 bits per heavy atom. The number of ether oxygens (including phenoxy) is 2. The van der Waals surface area contributed by atoms with E-state index in [1.54, 1.807) is 0 Å². The third kappa shape index (κ3) is 7.14. The highest BCUT2D eigenvalue weighted by atomic mass is 127. The molecule has 7 heteroatoms. The molecule has 0 aromatic carbocycles. The zero-order valence-corrected chi connectivity index (χ0v) is 15.3. The van der Waals surface area contributed by atoms with Crippen LogP contribution in [0.25, 0.3) is 0 Å². The number of alkyl carbamates (subject to hydrolysis) is 1. The van der Waals surface area contributed by atoms with Crippen LogP contribution in [0.3, 0.4) is 0 Å². The first-order valence-corrected chi connectivity index (χ1v) is 7.85. The first-order valence-electron chi connectivity index (χ1n) is 5.69. The lowest BCUT2D eigenvalue weighted by Crippen LogP contribution is -2.34. The van der Waals surface area contributed by atoms with E-state index in [1.807, 2.05) is 32.9 Å². The van der Waals surface area contributed by atoms with Crippen LogP contribution in [-0.2, 0) is 4.74 Å². The molecule has 106 valence electrons. The number of pyridine rings is 1. The van der Waals surface area contributed by atoms with Crippen molar-refractivity contribution in [2.75, 3.05) is 13.2 Å². The van der Waals surface area contributed by atoms with Gasteiger partial charge in [0.25, 0.3) is 0 Å². The molecule has 0 saturated carbocycles. The average molecular weight is 490 g/mol. The summed E-state index contributed by atoms with van der Waals surface area (Å²) in [6, 6.07) is 3.74. The quantitative estimate of drug-likeness (QED) is 0.401. The Morgan fingerprint density at radius 3 is 2.63 bits per heavy atom. The first-order chi connectivity index (χ1) is 8.78. The van der Waals surface area contributed by atoms with Gasteiger partial charge in [0.1, 0.15) is 19.6 Å². The number of hydrogen-bond donors (Lipinski definition) is 1. The van der Waals surface area contributed by atoms with Crippen LogP contribution < -0.4 is 10.1 Å². The highest BCUT2D eigenvalue weighted by molar-refractivity contribution is 14.1. The molecule has 0 fully saturated rings. The van der Waals surface area contributed by atoms with Gasteiger partial charge < -0.3 is 14.8 Å². The maximum absolute atomic E-state index is 11.4. The predicted molar refractivity (Wildman–Crippen MR) is 89.4 cm³/mol. The minimum Gasteiger partial charge on any atom is -0.489 e. The molecule has 0 bridgehead atoms. The Balaban J connectivity index is 2.29. The van der Waals surface area contributed by atoms with Gasteiger partial charge in [-0.25, -0.2) is 9.78 Å². The standard InChI is InChI=1S/C12H16I2N2O3/c1-12(2,3)19-11(17)15-6-7-18-8-4-5-9(13)16-10(8)14/h4-5H,6-7H2,1-3H3,(H,15,17). The van der Waals surface area contributed by atoms with Gasteiger partial charge in [-0.1, -0.05) is 0 Å². The lowest BCUT2D eigenvalue weighted by molar-refractivity contribution is 0.0520. The fourth-order valence-corrected chi connectivity index (χ4v) is 2.61. The van der Waals surface area contributed by atoms with Crippen LogP contribution in [0.15, 0.2) is 12.1 Å². The number of halogens is 2. The van der Waals surface area contributed by atoms with Crippen LogP contribution in [0.4, 0.5) is 4.79 Å². The molecule has 1 aromatic heterocycles. The van der Waals surface area contributed by atoms with Crippen LogP contribution in [0.2, 0.25) is 0 Å². The Kier molecular flexibility index (Phi) is 6.57. The molecule has 1 N–H and O–H groups in total. The van der Waals surface area contributed by atoms with Gasteiger partial charge in [-0.15, -0.1) is 0 Å². The van der Waals surface area contributed by atoms with E-state index in [0.29, 0.717) is 18.9 Å². The molecule has 1 heterocycles. The Labute approximate surface area is 140 Å². The molecule has 0 aliphatic heterocycles. The van der Waals surface area contributed by atoms with E-state index in [4.69, 9.17) is 9.47 Å². The van der Waals surface area contributed by atoms with E-state index in [0.717, 1.165) is 7.40 Å². The number of carbonyl (C=O) groups excluding carboxylic acids is 1. The van der Waals surface area contributed by atoms with Crippen molar-refractivity contribution < 1.29 is 14.3 Å². The van der Waals surface area contributed by atoms with Crippen LogP contribution >= 0.6 is 45.2 Å². The summed E-state index contributed by atoms with van der Waals surface area (Å²) in [5.74, 6) is 0.715. The first kappa shape index (κ1) is 16.7. The molecular formula is C12H16I2N2O3. The van der Waals surface area contributed by atoms with E-state index in [-0.39, 0.29) is 0 Å². The highest BCUT2D eigenvalue weighted by Crippen LogP contribution is 2.19. The average Bonchev–Trinajstić information content (AvgIpc) is 2.24. The molecule has 5 nitrogen and oxygen atoms in total. The molecule has 0 saturated heterocycles. The molecule has 1 amide bonds. The molecule has 1 rings (SSSR count). The van der Waals surface area contributed by atoms with E-state index >= 15 is 0 Å². The number of nitrogens with one attached hydrogen (secondary N) is 1. The predicted octanol–water partition coefficient (Wildman–Crippen LogP) is 3.19. The summed E-state index contributed by atoms with van der Waals surface area (Å²) in [5.41, 5.74) is -0.486. The van der Waals surface area contributed by atoms with Crippen LogP contribution in [0.5, 0.6) is 5.75 Å². The summed E-state index contributed by atoms with van der Waals surface area (Å²) in [4.78, 5) is 15.7. The lowest BCUT2D eigenvalue weighted by Gasteiger charge is -2.19. The SMILES string of the molecule is CC(C)(C)OC(=O)NCCOc1ccc(I)nc1I. The molecule has 0 radical (unpaired) electrons. The fourth-order valence-electron chi connectivity index (χ4n) is 1.14. The van der Waals surface area contributed by atoms with E-state index < -0.39 is 11.7 Å². The van der Waals surface area contributed by atoms with Gasteiger partial charge in [0.15, 0.2) is 5.75 Å². The van der Waals surface area contributed by atoms with Crippen molar-refractivity contribution in [2.24, 2.45) is 0 Å². The fraction of sp³-hybridized carbons (Fsp3) is 0.500. The van der Waals surface area contributed by atoms with Crippen molar-refractivity contribution in [3.05, 3.63) is 19.5 Å². The third-order valence-corrected chi connectivity index (χ3v) is 3.18. The number of hydrogen-bond acceptors (Lipinski definition) is 4. The second-order valence-electron chi connectivity index (χ2n) is 4.70. The largest absolute Gasteiger partial charge is 0.489 e. The van der Waals surface area contributed by atoms with E-state index in [1.165, 1.54) is 0 Å². The molecule has 0 aliphatic carbocycles. The number of rotatable bonds is 4. The summed E-state index contributed by atoms with van der Waals surface area (Å²) in [5, 5.41) is 2.63. The molecule has 0 unspecified atom stereocenters. The number of carbonyl (C=O) groups is 1. The number of aromatic nitrogens is 1. The minimum atomic E-state index is -0.486. The second-order valence-corrected chi connectivity index (χ2v) is 6.83. The summed E-state index contributed by atoms with van der Waals surface area (Å²) in [7, 11) is 0. The molecule has 19 heavy (non-hydrogen) atoms. The Hall–Kier alpha value is -0.320. The van der Waals surface area contributed by atoms with E-state index in [9.17, 15) is 4.79 Å². The normalized spacial score (nSPS) is 11.0. The summed E-state index contributed by atoms with van der Waals surface area (Å²) < 4.78 is 12.4. The summed E-state index contributed by atoms with van der Waals surface area (Å²) >= 11 is 4.26. The third-order valence-electron chi connectivity index (χ3n) is 1.81. The monoisotopic (exact) mass is 490 g/mol. The molecule has 0 spiro atoms. The maximum Gasteiger partial charge on any atom is 0.407 e. The van der Waals surface area contributed by atoms with Crippen LogP contribution in [-0.4, -0.2) is 29.8 Å². The van der Waals surface area contributed by atoms with Gasteiger partial charge in [0.05, 0.1) is 6.54 Å². The zero-order chi connectivity index (χ0) is 14.5. The van der Waals surface area contributed by atoms with E-state index in [2.05, 4.69) is 55.5 Å². The van der Waals surface area contributed by atoms with Crippen molar-refractivity contribution >= 4 is 51.3 Å². The Morgan fingerprint density at radius 1 is 1.37 bits per heavy atom. The van der Waals surface area contributed by atoms with Crippen molar-refractivity contribution in [1.82, 2.24) is 10.3 Å². The van der Waals surface area contributed by atoms with Crippen molar-refractivity contribution in [2.45, 2.75) is 26.4 Å². The van der Waals surface area contributed by atoms with Crippen molar-refractivity contribution in [3.63, 3.8) is 0 Å². The smallest absolute Gasteiger partial charge is 0.407 e. The van der Waals surface area contributed by atoms with Gasteiger partial charge in [-0.3, -0.25) is 0 Å². The van der Waals surface area contributed by atoms with Crippen LogP contribution in [0.1, 0.15) is 20.8 Å². The molecule has 0 aliphatic rings. The van der Waals surface area contributed by atoms with Gasteiger partial charge in [-0.05, 0) is 78.1 Å². The molecular weight excluding hydrogens is 474 g/mol. The van der Waals surface area contributed by atoms with Gasteiger partial charge in [0.2, 0.25) is 0 Å². The molecule has 0 atom stereocenters. The van der Waals surface area contributed by atoms with Gasteiger partial charge in [0, 0.05) is 0 Å². The summed E-state index contributed by atoms with van der Waals surface area (Å²) in [6.07, 6.45) is -0.438. The topological polar surface area (TPSA) is 60.5 Å². The minimum absolute atomic E-state index is 0.373. The Bertz CT molecular complexity index is 447. The second kappa shape index (κ2) is 7.46. The number of amides is 1. The zero-order valence-electron chi connectivity index (χ0n) is 11.0.